The molecule has 0 saturated carbocycles. The average molecular weight is 168 g/mol. The van der Waals surface area contributed by atoms with Crippen LogP contribution in [0.4, 0.5) is 0 Å². The lowest BCUT2D eigenvalue weighted by Gasteiger charge is -2.10. The highest BCUT2D eigenvalue weighted by atomic mass is 16.7. The molecule has 0 radical (unpaired) electrons. The highest BCUT2D eigenvalue weighted by Gasteiger charge is 2.16. The molecule has 4 nitrogen and oxygen atoms in total. The molecule has 1 unspecified atom stereocenters. The Kier molecular flexibility index (Phi) is 3.24. The summed E-state index contributed by atoms with van der Waals surface area (Å²) >= 11 is 0. The zero-order valence-electron chi connectivity index (χ0n) is 6.29. The summed E-state index contributed by atoms with van der Waals surface area (Å²) in [5.74, 6) is 0. The lowest BCUT2D eigenvalue weighted by Crippen LogP contribution is -2.20. The van der Waals surface area contributed by atoms with Crippen LogP contribution in [0.1, 0.15) is 11.9 Å². The Bertz CT molecular complexity index is 226. The molecule has 0 saturated heterocycles. The number of aliphatic hydroxyl groups is 1. The van der Waals surface area contributed by atoms with E-state index in [0.717, 1.165) is 0 Å². The van der Waals surface area contributed by atoms with Crippen LogP contribution in [0.5, 0.6) is 0 Å². The molecule has 0 heterocycles. The Morgan fingerprint density at radius 3 is 2.25 bits per heavy atom. The summed E-state index contributed by atoms with van der Waals surface area (Å²) in [6.07, 6.45) is -1.30. The lowest BCUT2D eigenvalue weighted by molar-refractivity contribution is -0.0501. The molecule has 1 aromatic carbocycles. The van der Waals surface area contributed by atoms with E-state index in [1.165, 1.54) is 0 Å². The van der Waals surface area contributed by atoms with E-state index >= 15 is 0 Å². The minimum absolute atomic E-state index is 0.477. The van der Waals surface area contributed by atoms with Crippen LogP contribution in [0.2, 0.25) is 0 Å². The summed E-state index contributed by atoms with van der Waals surface area (Å²) in [7, 11) is -1.96. The standard InChI is InChI=1S/C7H9BO4/c9-7(12-8(10)11)6-4-2-1-3-5-6/h1-5,7,9-11H. The number of benzene rings is 1. The van der Waals surface area contributed by atoms with Gasteiger partial charge in [0, 0.05) is 5.56 Å². The van der Waals surface area contributed by atoms with Gasteiger partial charge in [-0.2, -0.15) is 0 Å². The van der Waals surface area contributed by atoms with Crippen molar-refractivity contribution in [1.82, 2.24) is 0 Å². The molecular formula is C7H9BO4. The van der Waals surface area contributed by atoms with E-state index < -0.39 is 13.6 Å². The fourth-order valence-corrected chi connectivity index (χ4v) is 0.812. The third-order valence-electron chi connectivity index (χ3n) is 1.34. The molecule has 0 aliphatic rings. The molecule has 0 aromatic heterocycles. The van der Waals surface area contributed by atoms with Crippen molar-refractivity contribution in [2.24, 2.45) is 0 Å². The Hall–Kier alpha value is -0.875. The Morgan fingerprint density at radius 1 is 1.17 bits per heavy atom. The first-order valence-corrected chi connectivity index (χ1v) is 3.45. The van der Waals surface area contributed by atoms with E-state index in [1.54, 1.807) is 30.3 Å². The van der Waals surface area contributed by atoms with Gasteiger partial charge in [-0.25, -0.2) is 0 Å². The number of rotatable bonds is 3. The second kappa shape index (κ2) is 4.23. The Labute approximate surface area is 70.2 Å². The van der Waals surface area contributed by atoms with E-state index in [-0.39, 0.29) is 0 Å². The van der Waals surface area contributed by atoms with Gasteiger partial charge in [0.05, 0.1) is 0 Å². The van der Waals surface area contributed by atoms with Crippen LogP contribution in [0.3, 0.4) is 0 Å². The number of hydrogen-bond acceptors (Lipinski definition) is 4. The van der Waals surface area contributed by atoms with Gasteiger partial charge in [0.15, 0.2) is 6.29 Å². The second-order valence-electron chi connectivity index (χ2n) is 2.23. The van der Waals surface area contributed by atoms with Crippen molar-refractivity contribution in [3.63, 3.8) is 0 Å². The maximum Gasteiger partial charge on any atom is 0.636 e. The molecule has 12 heavy (non-hydrogen) atoms. The molecule has 0 aliphatic carbocycles. The first-order valence-electron chi connectivity index (χ1n) is 3.45. The van der Waals surface area contributed by atoms with E-state index in [1.807, 2.05) is 0 Å². The molecule has 5 heteroatoms. The van der Waals surface area contributed by atoms with Crippen LogP contribution in [0.25, 0.3) is 0 Å². The fraction of sp³-hybridized carbons (Fsp3) is 0.143. The summed E-state index contributed by atoms with van der Waals surface area (Å²) in [5, 5.41) is 25.9. The topological polar surface area (TPSA) is 69.9 Å². The molecule has 1 rings (SSSR count). The van der Waals surface area contributed by atoms with Crippen LogP contribution in [-0.4, -0.2) is 22.5 Å². The summed E-state index contributed by atoms with van der Waals surface area (Å²) in [4.78, 5) is 0. The highest BCUT2D eigenvalue weighted by Crippen LogP contribution is 2.12. The van der Waals surface area contributed by atoms with Gasteiger partial charge < -0.3 is 19.8 Å². The van der Waals surface area contributed by atoms with Crippen molar-refractivity contribution < 1.29 is 19.8 Å². The maximum atomic E-state index is 9.15. The van der Waals surface area contributed by atoms with Crippen LogP contribution in [0.15, 0.2) is 30.3 Å². The van der Waals surface area contributed by atoms with Gasteiger partial charge >= 0.3 is 7.32 Å². The van der Waals surface area contributed by atoms with Crippen molar-refractivity contribution in [1.29, 1.82) is 0 Å². The van der Waals surface area contributed by atoms with Gasteiger partial charge in [-0.3, -0.25) is 0 Å². The zero-order chi connectivity index (χ0) is 8.97. The number of aliphatic hydroxyl groups excluding tert-OH is 1. The van der Waals surface area contributed by atoms with Crippen LogP contribution < -0.4 is 0 Å². The van der Waals surface area contributed by atoms with Gasteiger partial charge in [-0.1, -0.05) is 30.3 Å². The fourth-order valence-electron chi connectivity index (χ4n) is 0.812. The molecule has 0 aliphatic heterocycles. The molecule has 0 fully saturated rings. The lowest BCUT2D eigenvalue weighted by atomic mass is 10.2. The summed E-state index contributed by atoms with van der Waals surface area (Å²) < 4.78 is 4.30. The normalized spacial score (nSPS) is 12.6. The number of hydrogen-bond donors (Lipinski definition) is 3. The first-order chi connectivity index (χ1) is 5.70. The molecule has 1 aromatic rings. The summed E-state index contributed by atoms with van der Waals surface area (Å²) in [6.45, 7) is 0. The maximum absolute atomic E-state index is 9.15. The summed E-state index contributed by atoms with van der Waals surface area (Å²) in [5.41, 5.74) is 0.477. The van der Waals surface area contributed by atoms with Crippen LogP contribution in [-0.2, 0) is 4.65 Å². The Morgan fingerprint density at radius 2 is 1.75 bits per heavy atom. The smallest absolute Gasteiger partial charge is 0.402 e. The minimum atomic E-state index is -1.96. The summed E-state index contributed by atoms with van der Waals surface area (Å²) in [6, 6.07) is 8.45. The van der Waals surface area contributed by atoms with Gasteiger partial charge in [-0.15, -0.1) is 0 Å². The van der Waals surface area contributed by atoms with Gasteiger partial charge in [0.1, 0.15) is 0 Å². The highest BCUT2D eigenvalue weighted by molar-refractivity contribution is 6.32. The molecule has 0 bridgehead atoms. The largest absolute Gasteiger partial charge is 0.636 e. The molecular weight excluding hydrogens is 159 g/mol. The van der Waals surface area contributed by atoms with E-state index in [0.29, 0.717) is 5.56 Å². The van der Waals surface area contributed by atoms with E-state index in [2.05, 4.69) is 4.65 Å². The minimum Gasteiger partial charge on any atom is -0.402 e. The van der Waals surface area contributed by atoms with Crippen LogP contribution >= 0.6 is 0 Å². The second-order valence-corrected chi connectivity index (χ2v) is 2.23. The monoisotopic (exact) mass is 168 g/mol. The van der Waals surface area contributed by atoms with Gasteiger partial charge in [-0.05, 0) is 0 Å². The zero-order valence-corrected chi connectivity index (χ0v) is 6.29. The van der Waals surface area contributed by atoms with Gasteiger partial charge in [0.25, 0.3) is 0 Å². The average Bonchev–Trinajstić information content (AvgIpc) is 2.05. The molecule has 3 N–H and O–H groups in total. The van der Waals surface area contributed by atoms with Crippen molar-refractivity contribution in [2.75, 3.05) is 0 Å². The quantitative estimate of drug-likeness (QED) is 0.426. The van der Waals surface area contributed by atoms with Crippen LogP contribution in [0, 0.1) is 0 Å². The third kappa shape index (κ3) is 2.63. The van der Waals surface area contributed by atoms with Crippen molar-refractivity contribution in [3.8, 4) is 0 Å². The Balaban J connectivity index is 2.59. The molecule has 64 valence electrons. The molecule has 1 atom stereocenters. The predicted molar refractivity (Wildman–Crippen MR) is 42.7 cm³/mol. The molecule has 0 amide bonds. The SMILES string of the molecule is OB(O)OC(O)c1ccccc1. The van der Waals surface area contributed by atoms with Crippen molar-refractivity contribution >= 4 is 7.32 Å². The van der Waals surface area contributed by atoms with E-state index in [4.69, 9.17) is 15.2 Å². The van der Waals surface area contributed by atoms with Crippen molar-refractivity contribution in [2.45, 2.75) is 6.29 Å². The van der Waals surface area contributed by atoms with Gasteiger partial charge in [0.2, 0.25) is 0 Å². The third-order valence-corrected chi connectivity index (χ3v) is 1.34. The van der Waals surface area contributed by atoms with E-state index in [9.17, 15) is 0 Å². The van der Waals surface area contributed by atoms with Crippen molar-refractivity contribution in [3.05, 3.63) is 35.9 Å². The predicted octanol–water partition coefficient (Wildman–Crippen LogP) is -0.336. The first kappa shape index (κ1) is 9.21. The molecule has 0 spiro atoms.